The molecule has 0 fully saturated rings. The third kappa shape index (κ3) is 3.75. The molecule has 3 atom stereocenters. The van der Waals surface area contributed by atoms with Crippen LogP contribution in [0.2, 0.25) is 0 Å². The fourth-order valence-corrected chi connectivity index (χ4v) is 2.32. The minimum Gasteiger partial charge on any atom is -0.103 e. The summed E-state index contributed by atoms with van der Waals surface area (Å²) in [6.45, 7) is 10.7. The van der Waals surface area contributed by atoms with Gasteiger partial charge in [-0.05, 0) is 24.2 Å². The van der Waals surface area contributed by atoms with Crippen molar-refractivity contribution in [1.29, 1.82) is 0 Å². The minimum atomic E-state index is 0.762. The van der Waals surface area contributed by atoms with Gasteiger partial charge in [0.15, 0.2) is 0 Å². The molecule has 0 N–H and O–H groups in total. The molecular formula is C11H21Br. The van der Waals surface area contributed by atoms with Crippen molar-refractivity contribution in [3.63, 3.8) is 0 Å². The summed E-state index contributed by atoms with van der Waals surface area (Å²) in [5.41, 5.74) is 0. The van der Waals surface area contributed by atoms with E-state index < -0.39 is 0 Å². The van der Waals surface area contributed by atoms with Crippen molar-refractivity contribution in [2.75, 3.05) is 5.33 Å². The van der Waals surface area contributed by atoms with Crippen LogP contribution in [0, 0.1) is 17.8 Å². The Morgan fingerprint density at radius 2 is 2.00 bits per heavy atom. The molecule has 0 saturated carbocycles. The molecule has 72 valence electrons. The van der Waals surface area contributed by atoms with Gasteiger partial charge in [0.25, 0.3) is 0 Å². The SMILES string of the molecule is C=CCC(CBr)C(C)C(C)CC. The molecule has 0 aliphatic rings. The van der Waals surface area contributed by atoms with Gasteiger partial charge in [-0.1, -0.05) is 49.2 Å². The molecule has 0 aliphatic carbocycles. The summed E-state index contributed by atoms with van der Waals surface area (Å²) >= 11 is 3.57. The molecule has 0 radical (unpaired) electrons. The maximum Gasteiger partial charge on any atom is 0.00652 e. The maximum atomic E-state index is 3.80. The summed E-state index contributed by atoms with van der Waals surface area (Å²) in [4.78, 5) is 0. The molecule has 0 aromatic heterocycles. The number of alkyl halides is 1. The Labute approximate surface area is 85.6 Å². The molecule has 12 heavy (non-hydrogen) atoms. The predicted octanol–water partition coefficient (Wildman–Crippen LogP) is 4.26. The van der Waals surface area contributed by atoms with E-state index in [0.29, 0.717) is 0 Å². The first-order chi connectivity index (χ1) is 5.67. The second-order valence-corrected chi connectivity index (χ2v) is 4.33. The Balaban J connectivity index is 3.99. The molecular weight excluding hydrogens is 212 g/mol. The highest BCUT2D eigenvalue weighted by Gasteiger charge is 2.19. The Morgan fingerprint density at radius 3 is 2.33 bits per heavy atom. The maximum absolute atomic E-state index is 3.80. The van der Waals surface area contributed by atoms with Gasteiger partial charge in [0.2, 0.25) is 0 Å². The van der Waals surface area contributed by atoms with Crippen LogP contribution in [0.15, 0.2) is 12.7 Å². The van der Waals surface area contributed by atoms with Gasteiger partial charge in [-0.25, -0.2) is 0 Å². The van der Waals surface area contributed by atoms with Crippen molar-refractivity contribution in [3.8, 4) is 0 Å². The average molecular weight is 233 g/mol. The van der Waals surface area contributed by atoms with Crippen molar-refractivity contribution in [1.82, 2.24) is 0 Å². The summed E-state index contributed by atoms with van der Waals surface area (Å²) in [5.74, 6) is 2.39. The summed E-state index contributed by atoms with van der Waals surface area (Å²) in [6.07, 6.45) is 4.45. The topological polar surface area (TPSA) is 0 Å². The Morgan fingerprint density at radius 1 is 1.42 bits per heavy atom. The van der Waals surface area contributed by atoms with Gasteiger partial charge in [-0.2, -0.15) is 0 Å². The van der Waals surface area contributed by atoms with Crippen molar-refractivity contribution < 1.29 is 0 Å². The fraction of sp³-hybridized carbons (Fsp3) is 0.818. The van der Waals surface area contributed by atoms with Crippen LogP contribution in [-0.2, 0) is 0 Å². The van der Waals surface area contributed by atoms with Gasteiger partial charge in [0.05, 0.1) is 0 Å². The number of allylic oxidation sites excluding steroid dienone is 1. The lowest BCUT2D eigenvalue weighted by Crippen LogP contribution is -2.19. The van der Waals surface area contributed by atoms with Crippen molar-refractivity contribution in [2.45, 2.75) is 33.6 Å². The first-order valence-electron chi connectivity index (χ1n) is 4.84. The third-order valence-electron chi connectivity index (χ3n) is 2.95. The van der Waals surface area contributed by atoms with Crippen LogP contribution in [-0.4, -0.2) is 5.33 Å². The van der Waals surface area contributed by atoms with Gasteiger partial charge in [0, 0.05) is 5.33 Å². The van der Waals surface area contributed by atoms with Gasteiger partial charge < -0.3 is 0 Å². The Bertz CT molecular complexity index is 120. The van der Waals surface area contributed by atoms with Gasteiger partial charge in [-0.15, -0.1) is 6.58 Å². The molecule has 0 spiro atoms. The van der Waals surface area contributed by atoms with Gasteiger partial charge >= 0.3 is 0 Å². The second-order valence-electron chi connectivity index (χ2n) is 3.68. The van der Waals surface area contributed by atoms with E-state index >= 15 is 0 Å². The third-order valence-corrected chi connectivity index (χ3v) is 3.78. The van der Waals surface area contributed by atoms with Gasteiger partial charge in [-0.3, -0.25) is 0 Å². The zero-order chi connectivity index (χ0) is 9.56. The number of hydrogen-bond donors (Lipinski definition) is 0. The first kappa shape index (κ1) is 12.2. The minimum absolute atomic E-state index is 0.762. The fourth-order valence-electron chi connectivity index (χ4n) is 1.47. The van der Waals surface area contributed by atoms with Crippen LogP contribution in [0.5, 0.6) is 0 Å². The highest BCUT2D eigenvalue weighted by Crippen LogP contribution is 2.27. The highest BCUT2D eigenvalue weighted by atomic mass is 79.9. The summed E-state index contributed by atoms with van der Waals surface area (Å²) in [7, 11) is 0. The zero-order valence-electron chi connectivity index (χ0n) is 8.52. The van der Waals surface area contributed by atoms with Crippen LogP contribution in [0.25, 0.3) is 0 Å². The lowest BCUT2D eigenvalue weighted by atomic mass is 9.82. The van der Waals surface area contributed by atoms with Crippen LogP contribution in [0.1, 0.15) is 33.6 Å². The van der Waals surface area contributed by atoms with E-state index in [1.165, 1.54) is 6.42 Å². The lowest BCUT2D eigenvalue weighted by molar-refractivity contribution is 0.279. The number of rotatable bonds is 6. The second kappa shape index (κ2) is 6.71. The van der Waals surface area contributed by atoms with Crippen molar-refractivity contribution in [3.05, 3.63) is 12.7 Å². The van der Waals surface area contributed by atoms with Crippen molar-refractivity contribution in [2.24, 2.45) is 17.8 Å². The standard InChI is InChI=1S/C11H21Br/c1-5-7-11(8-12)10(4)9(3)6-2/h5,9-11H,1,6-8H2,2-4H3. The molecule has 0 amide bonds. The quantitative estimate of drug-likeness (QED) is 0.475. The molecule has 0 aromatic carbocycles. The lowest BCUT2D eigenvalue weighted by Gasteiger charge is -2.25. The van der Waals surface area contributed by atoms with E-state index in [2.05, 4.69) is 43.3 Å². The van der Waals surface area contributed by atoms with Crippen LogP contribution >= 0.6 is 15.9 Å². The van der Waals surface area contributed by atoms with Crippen LogP contribution in [0.4, 0.5) is 0 Å². The van der Waals surface area contributed by atoms with Gasteiger partial charge in [0.1, 0.15) is 0 Å². The average Bonchev–Trinajstić information content (AvgIpc) is 2.11. The number of halogens is 1. The summed E-state index contributed by atoms with van der Waals surface area (Å²) in [6, 6.07) is 0. The van der Waals surface area contributed by atoms with E-state index in [9.17, 15) is 0 Å². The smallest absolute Gasteiger partial charge is 0.00652 e. The molecule has 0 saturated heterocycles. The van der Waals surface area contributed by atoms with E-state index in [1.807, 2.05) is 6.08 Å². The normalized spacial score (nSPS) is 18.3. The molecule has 0 aliphatic heterocycles. The highest BCUT2D eigenvalue weighted by molar-refractivity contribution is 9.09. The summed E-state index contributed by atoms with van der Waals surface area (Å²) < 4.78 is 0. The van der Waals surface area contributed by atoms with E-state index in [0.717, 1.165) is 29.5 Å². The molecule has 0 rings (SSSR count). The largest absolute Gasteiger partial charge is 0.103 e. The van der Waals surface area contributed by atoms with E-state index in [4.69, 9.17) is 0 Å². The molecule has 0 nitrogen and oxygen atoms in total. The summed E-state index contributed by atoms with van der Waals surface area (Å²) in [5, 5.41) is 1.10. The van der Waals surface area contributed by atoms with Crippen molar-refractivity contribution >= 4 is 15.9 Å². The Hall–Kier alpha value is 0.220. The van der Waals surface area contributed by atoms with Crippen LogP contribution in [0.3, 0.4) is 0 Å². The molecule has 0 aromatic rings. The molecule has 0 bridgehead atoms. The number of hydrogen-bond acceptors (Lipinski definition) is 0. The first-order valence-corrected chi connectivity index (χ1v) is 5.96. The zero-order valence-corrected chi connectivity index (χ0v) is 10.1. The van der Waals surface area contributed by atoms with E-state index in [1.54, 1.807) is 0 Å². The molecule has 1 heteroatoms. The predicted molar refractivity (Wildman–Crippen MR) is 60.7 cm³/mol. The molecule has 3 unspecified atom stereocenters. The van der Waals surface area contributed by atoms with E-state index in [-0.39, 0.29) is 0 Å². The van der Waals surface area contributed by atoms with Crippen LogP contribution < -0.4 is 0 Å². The molecule has 0 heterocycles. The Kier molecular flexibility index (Phi) is 6.83. The monoisotopic (exact) mass is 232 g/mol.